The molecule has 20 heavy (non-hydrogen) atoms. The van der Waals surface area contributed by atoms with Crippen LogP contribution in [0.3, 0.4) is 0 Å². The molecule has 1 atom stereocenters. The Labute approximate surface area is 116 Å². The number of fused-ring (bicyclic) bond motifs is 1. The first kappa shape index (κ1) is 12.9. The lowest BCUT2D eigenvalue weighted by Crippen LogP contribution is -2.50. The second kappa shape index (κ2) is 5.09. The Hall–Kier alpha value is -2.14. The van der Waals surface area contributed by atoms with Crippen molar-refractivity contribution in [1.82, 2.24) is 10.6 Å². The largest absolute Gasteiger partial charge is 0.461 e. The first-order valence-electron chi connectivity index (χ1n) is 6.69. The normalized spacial score (nSPS) is 19.4. The fraction of sp³-hybridized carbons (Fsp3) is 0.333. The standard InChI is InChI=1S/C15H16N2O3/c1-9-11(10-4-2-3-5-13(10)20-9)8-16-12-6-7-14(18)17-15(12)19/h2-5,12,16H,6-8H2,1H3,(H,17,18,19). The van der Waals surface area contributed by atoms with E-state index in [2.05, 4.69) is 10.6 Å². The fourth-order valence-corrected chi connectivity index (χ4v) is 2.55. The zero-order chi connectivity index (χ0) is 14.1. The molecule has 1 unspecified atom stereocenters. The molecule has 1 aromatic heterocycles. The van der Waals surface area contributed by atoms with Crippen LogP contribution in [0.15, 0.2) is 28.7 Å². The van der Waals surface area contributed by atoms with E-state index in [4.69, 9.17) is 4.42 Å². The summed E-state index contributed by atoms with van der Waals surface area (Å²) in [4.78, 5) is 22.8. The van der Waals surface area contributed by atoms with Gasteiger partial charge < -0.3 is 9.73 Å². The Bertz CT molecular complexity index is 675. The average molecular weight is 272 g/mol. The maximum Gasteiger partial charge on any atom is 0.243 e. The SMILES string of the molecule is Cc1oc2ccccc2c1CNC1CCC(=O)NC1=O. The van der Waals surface area contributed by atoms with Gasteiger partial charge >= 0.3 is 0 Å². The molecule has 5 nitrogen and oxygen atoms in total. The molecule has 0 radical (unpaired) electrons. The van der Waals surface area contributed by atoms with Crippen LogP contribution in [0.25, 0.3) is 11.0 Å². The number of piperidine rings is 1. The van der Waals surface area contributed by atoms with Crippen molar-refractivity contribution in [1.29, 1.82) is 0 Å². The zero-order valence-electron chi connectivity index (χ0n) is 11.2. The first-order valence-corrected chi connectivity index (χ1v) is 6.69. The second-order valence-corrected chi connectivity index (χ2v) is 5.02. The fourth-order valence-electron chi connectivity index (χ4n) is 2.55. The van der Waals surface area contributed by atoms with E-state index in [1.54, 1.807) is 0 Å². The van der Waals surface area contributed by atoms with Gasteiger partial charge in [-0.2, -0.15) is 0 Å². The number of carbonyl (C=O) groups is 2. The number of rotatable bonds is 3. The summed E-state index contributed by atoms with van der Waals surface area (Å²) >= 11 is 0. The molecule has 0 spiro atoms. The summed E-state index contributed by atoms with van der Waals surface area (Å²) in [7, 11) is 0. The molecule has 1 fully saturated rings. The van der Waals surface area contributed by atoms with E-state index in [0.717, 1.165) is 22.3 Å². The minimum Gasteiger partial charge on any atom is -0.461 e. The molecule has 3 rings (SSSR count). The van der Waals surface area contributed by atoms with E-state index in [9.17, 15) is 9.59 Å². The van der Waals surface area contributed by atoms with E-state index < -0.39 is 0 Å². The predicted octanol–water partition coefficient (Wildman–Crippen LogP) is 1.64. The highest BCUT2D eigenvalue weighted by Crippen LogP contribution is 2.25. The molecule has 1 saturated heterocycles. The highest BCUT2D eigenvalue weighted by molar-refractivity contribution is 6.00. The van der Waals surface area contributed by atoms with Gasteiger partial charge in [-0.1, -0.05) is 18.2 Å². The summed E-state index contributed by atoms with van der Waals surface area (Å²) in [6.07, 6.45) is 0.925. The van der Waals surface area contributed by atoms with E-state index in [1.165, 1.54) is 0 Å². The number of amides is 2. The number of aryl methyl sites for hydroxylation is 1. The Morgan fingerprint density at radius 2 is 2.15 bits per heavy atom. The van der Waals surface area contributed by atoms with E-state index in [0.29, 0.717) is 19.4 Å². The molecule has 2 aromatic rings. The summed E-state index contributed by atoms with van der Waals surface area (Å²) in [6, 6.07) is 7.52. The predicted molar refractivity (Wildman–Crippen MR) is 74.0 cm³/mol. The minimum atomic E-state index is -0.319. The van der Waals surface area contributed by atoms with E-state index in [1.807, 2.05) is 31.2 Å². The number of furan rings is 1. The molecule has 0 aliphatic carbocycles. The zero-order valence-corrected chi connectivity index (χ0v) is 11.2. The summed E-state index contributed by atoms with van der Waals surface area (Å²) in [5.41, 5.74) is 1.91. The third kappa shape index (κ3) is 2.32. The van der Waals surface area contributed by atoms with E-state index in [-0.39, 0.29) is 17.9 Å². The van der Waals surface area contributed by atoms with Gasteiger partial charge in [-0.25, -0.2) is 0 Å². The number of nitrogens with one attached hydrogen (secondary N) is 2. The van der Waals surface area contributed by atoms with Crippen LogP contribution >= 0.6 is 0 Å². The number of imide groups is 1. The number of hydrogen-bond acceptors (Lipinski definition) is 4. The summed E-state index contributed by atoms with van der Waals surface area (Å²) in [6.45, 7) is 2.47. The number of carbonyl (C=O) groups excluding carboxylic acids is 2. The van der Waals surface area contributed by atoms with Crippen molar-refractivity contribution >= 4 is 22.8 Å². The van der Waals surface area contributed by atoms with Crippen LogP contribution in [0.2, 0.25) is 0 Å². The molecule has 1 aliphatic rings. The highest BCUT2D eigenvalue weighted by Gasteiger charge is 2.26. The summed E-state index contributed by atoms with van der Waals surface area (Å²) < 4.78 is 5.69. The molecule has 1 aromatic carbocycles. The molecule has 104 valence electrons. The van der Waals surface area contributed by atoms with Crippen LogP contribution in [0.4, 0.5) is 0 Å². The van der Waals surface area contributed by atoms with Crippen molar-refractivity contribution in [2.75, 3.05) is 0 Å². The number of hydrogen-bond donors (Lipinski definition) is 2. The Kier molecular flexibility index (Phi) is 3.28. The van der Waals surface area contributed by atoms with Crippen LogP contribution in [0, 0.1) is 6.92 Å². The van der Waals surface area contributed by atoms with Crippen molar-refractivity contribution in [2.24, 2.45) is 0 Å². The Morgan fingerprint density at radius 3 is 2.95 bits per heavy atom. The van der Waals surface area contributed by atoms with Crippen molar-refractivity contribution < 1.29 is 14.0 Å². The maximum atomic E-state index is 11.7. The van der Waals surface area contributed by atoms with Crippen LogP contribution in [0.5, 0.6) is 0 Å². The van der Waals surface area contributed by atoms with Crippen LogP contribution < -0.4 is 10.6 Å². The van der Waals surface area contributed by atoms with Crippen molar-refractivity contribution in [2.45, 2.75) is 32.4 Å². The smallest absolute Gasteiger partial charge is 0.243 e. The molecule has 2 N–H and O–H groups in total. The number of para-hydroxylation sites is 1. The Balaban J connectivity index is 1.75. The van der Waals surface area contributed by atoms with Gasteiger partial charge in [0.25, 0.3) is 0 Å². The van der Waals surface area contributed by atoms with Crippen molar-refractivity contribution in [3.05, 3.63) is 35.6 Å². The molecule has 2 heterocycles. The molecule has 2 amide bonds. The quantitative estimate of drug-likeness (QED) is 0.833. The molecule has 0 saturated carbocycles. The van der Waals surface area contributed by atoms with Crippen LogP contribution in [-0.4, -0.2) is 17.9 Å². The molecular weight excluding hydrogens is 256 g/mol. The highest BCUT2D eigenvalue weighted by atomic mass is 16.3. The maximum absolute atomic E-state index is 11.7. The van der Waals surface area contributed by atoms with Gasteiger partial charge in [-0.05, 0) is 19.4 Å². The molecule has 5 heteroatoms. The van der Waals surface area contributed by atoms with Gasteiger partial charge in [-0.3, -0.25) is 14.9 Å². The van der Waals surface area contributed by atoms with Gasteiger partial charge in [0.2, 0.25) is 11.8 Å². The van der Waals surface area contributed by atoms with Gasteiger partial charge in [-0.15, -0.1) is 0 Å². The second-order valence-electron chi connectivity index (χ2n) is 5.02. The van der Waals surface area contributed by atoms with E-state index >= 15 is 0 Å². The topological polar surface area (TPSA) is 71.3 Å². The molecule has 0 bridgehead atoms. The molecular formula is C15H16N2O3. The lowest BCUT2D eigenvalue weighted by atomic mass is 10.1. The Morgan fingerprint density at radius 1 is 1.35 bits per heavy atom. The van der Waals surface area contributed by atoms with Crippen LogP contribution in [-0.2, 0) is 16.1 Å². The third-order valence-electron chi connectivity index (χ3n) is 3.66. The van der Waals surface area contributed by atoms with Gasteiger partial charge in [0, 0.05) is 23.9 Å². The van der Waals surface area contributed by atoms with Gasteiger partial charge in [0.1, 0.15) is 11.3 Å². The summed E-state index contributed by atoms with van der Waals surface area (Å²) in [5, 5.41) is 6.61. The lowest BCUT2D eigenvalue weighted by molar-refractivity contribution is -0.134. The van der Waals surface area contributed by atoms with Crippen molar-refractivity contribution in [3.8, 4) is 0 Å². The van der Waals surface area contributed by atoms with Gasteiger partial charge in [0.05, 0.1) is 6.04 Å². The average Bonchev–Trinajstić information content (AvgIpc) is 2.74. The first-order chi connectivity index (χ1) is 9.65. The number of benzene rings is 1. The lowest BCUT2D eigenvalue weighted by Gasteiger charge is -2.21. The molecule has 1 aliphatic heterocycles. The van der Waals surface area contributed by atoms with Gasteiger partial charge in [0.15, 0.2) is 0 Å². The van der Waals surface area contributed by atoms with Crippen LogP contribution in [0.1, 0.15) is 24.2 Å². The van der Waals surface area contributed by atoms with Crippen molar-refractivity contribution in [3.63, 3.8) is 0 Å². The summed E-state index contributed by atoms with van der Waals surface area (Å²) in [5.74, 6) is 0.413. The minimum absolute atomic E-state index is 0.196. The monoisotopic (exact) mass is 272 g/mol. The third-order valence-corrected chi connectivity index (χ3v) is 3.66.